The number of esters is 1. The fraction of sp³-hybridized carbons (Fsp3) is 0.250. The summed E-state index contributed by atoms with van der Waals surface area (Å²) in [7, 11) is 1.60. The second-order valence-corrected chi connectivity index (χ2v) is 3.31. The fourth-order valence-electron chi connectivity index (χ4n) is 1.67. The van der Waals surface area contributed by atoms with Crippen LogP contribution in [0.3, 0.4) is 0 Å². The van der Waals surface area contributed by atoms with Gasteiger partial charge in [-0.05, 0) is 13.0 Å². The molecule has 2 aromatic rings. The van der Waals surface area contributed by atoms with Gasteiger partial charge in [-0.2, -0.15) is 0 Å². The Kier molecular flexibility index (Phi) is 2.81. The van der Waals surface area contributed by atoms with E-state index in [1.54, 1.807) is 20.2 Å². The number of rotatable bonds is 3. The molecule has 2 rings (SSSR count). The lowest BCUT2D eigenvalue weighted by Gasteiger charge is -2.02. The van der Waals surface area contributed by atoms with Gasteiger partial charge in [0.15, 0.2) is 0 Å². The van der Waals surface area contributed by atoms with Crippen molar-refractivity contribution in [2.45, 2.75) is 6.92 Å². The minimum Gasteiger partial charge on any atom is -0.495 e. The molecule has 0 aliphatic carbocycles. The molecule has 0 saturated carbocycles. The Bertz CT molecular complexity index is 516. The van der Waals surface area contributed by atoms with Gasteiger partial charge in [0.25, 0.3) is 0 Å². The van der Waals surface area contributed by atoms with Crippen molar-refractivity contribution in [2.75, 3.05) is 13.7 Å². The first-order valence-corrected chi connectivity index (χ1v) is 5.09. The Labute approximate surface area is 93.2 Å². The van der Waals surface area contributed by atoms with Gasteiger partial charge in [-0.1, -0.05) is 12.1 Å². The van der Waals surface area contributed by atoms with Crippen molar-refractivity contribution >= 4 is 16.9 Å². The molecule has 0 unspecified atom stereocenters. The first-order valence-electron chi connectivity index (χ1n) is 5.09. The minimum atomic E-state index is -0.318. The van der Waals surface area contributed by atoms with Gasteiger partial charge in [0, 0.05) is 11.6 Å². The van der Waals surface area contributed by atoms with E-state index >= 15 is 0 Å². The highest BCUT2D eigenvalue weighted by atomic mass is 16.5. The molecule has 1 heterocycles. The number of aromatic amines is 1. The van der Waals surface area contributed by atoms with Crippen LogP contribution in [-0.4, -0.2) is 24.7 Å². The van der Waals surface area contributed by atoms with Crippen LogP contribution in [-0.2, 0) is 4.74 Å². The molecule has 1 aromatic carbocycles. The molecule has 0 atom stereocenters. The molecule has 0 spiro atoms. The van der Waals surface area contributed by atoms with Crippen LogP contribution in [0.2, 0.25) is 0 Å². The third kappa shape index (κ3) is 1.62. The van der Waals surface area contributed by atoms with E-state index in [0.717, 1.165) is 10.9 Å². The number of hydrogen-bond acceptors (Lipinski definition) is 3. The molecule has 84 valence electrons. The van der Waals surface area contributed by atoms with E-state index < -0.39 is 0 Å². The zero-order valence-electron chi connectivity index (χ0n) is 9.24. The van der Waals surface area contributed by atoms with Gasteiger partial charge in [0.2, 0.25) is 0 Å². The number of nitrogens with one attached hydrogen (secondary N) is 1. The summed E-state index contributed by atoms with van der Waals surface area (Å²) in [6.07, 6.45) is 1.64. The molecular formula is C12H13NO3. The lowest BCUT2D eigenvalue weighted by Crippen LogP contribution is -2.03. The number of benzene rings is 1. The quantitative estimate of drug-likeness (QED) is 0.806. The Balaban J connectivity index is 2.53. The maximum absolute atomic E-state index is 11.6. The highest BCUT2D eigenvalue weighted by Gasteiger charge is 2.14. The van der Waals surface area contributed by atoms with Gasteiger partial charge in [-0.15, -0.1) is 0 Å². The standard InChI is InChI=1S/C12H13NO3/c1-3-16-12(14)9-7-13-11-8(9)5-4-6-10(11)15-2/h4-7,13H,3H2,1-2H3. The summed E-state index contributed by atoms with van der Waals surface area (Å²) >= 11 is 0. The first-order chi connectivity index (χ1) is 7.77. The molecule has 0 aliphatic rings. The van der Waals surface area contributed by atoms with Crippen LogP contribution < -0.4 is 4.74 Å². The van der Waals surface area contributed by atoms with Gasteiger partial charge in [0.1, 0.15) is 5.75 Å². The summed E-state index contributed by atoms with van der Waals surface area (Å²) in [4.78, 5) is 14.7. The molecule has 16 heavy (non-hydrogen) atoms. The van der Waals surface area contributed by atoms with Gasteiger partial charge in [-0.3, -0.25) is 0 Å². The normalized spacial score (nSPS) is 10.4. The third-order valence-corrected chi connectivity index (χ3v) is 2.39. The largest absolute Gasteiger partial charge is 0.495 e. The monoisotopic (exact) mass is 219 g/mol. The molecule has 0 fully saturated rings. The van der Waals surface area contributed by atoms with Gasteiger partial charge < -0.3 is 14.5 Å². The predicted octanol–water partition coefficient (Wildman–Crippen LogP) is 2.35. The van der Waals surface area contributed by atoms with E-state index in [9.17, 15) is 4.79 Å². The molecule has 1 aromatic heterocycles. The molecule has 0 saturated heterocycles. The SMILES string of the molecule is CCOC(=O)c1c[nH]c2c(OC)cccc12. The van der Waals surface area contributed by atoms with E-state index in [4.69, 9.17) is 9.47 Å². The van der Waals surface area contributed by atoms with Crippen molar-refractivity contribution in [3.05, 3.63) is 30.0 Å². The van der Waals surface area contributed by atoms with Crippen LogP contribution in [0.5, 0.6) is 5.75 Å². The average Bonchev–Trinajstić information content (AvgIpc) is 2.72. The number of ether oxygens (including phenoxy) is 2. The number of fused-ring (bicyclic) bond motifs is 1. The lowest BCUT2D eigenvalue weighted by atomic mass is 10.1. The summed E-state index contributed by atoms with van der Waals surface area (Å²) < 4.78 is 10.2. The van der Waals surface area contributed by atoms with Crippen LogP contribution in [0, 0.1) is 0 Å². The Hall–Kier alpha value is -1.97. The molecule has 4 nitrogen and oxygen atoms in total. The van der Waals surface area contributed by atoms with Crippen LogP contribution in [0.25, 0.3) is 10.9 Å². The third-order valence-electron chi connectivity index (χ3n) is 2.39. The number of carbonyl (C=O) groups is 1. The second-order valence-electron chi connectivity index (χ2n) is 3.31. The van der Waals surface area contributed by atoms with E-state index in [1.165, 1.54) is 0 Å². The Morgan fingerprint density at radius 1 is 1.44 bits per heavy atom. The molecule has 0 bridgehead atoms. The summed E-state index contributed by atoms with van der Waals surface area (Å²) in [6, 6.07) is 5.55. The van der Waals surface area contributed by atoms with Crippen LogP contribution in [0.15, 0.2) is 24.4 Å². The zero-order valence-corrected chi connectivity index (χ0v) is 9.24. The smallest absolute Gasteiger partial charge is 0.340 e. The molecule has 1 N–H and O–H groups in total. The summed E-state index contributed by atoms with van der Waals surface area (Å²) in [5.41, 5.74) is 1.35. The maximum Gasteiger partial charge on any atom is 0.340 e. The summed E-state index contributed by atoms with van der Waals surface area (Å²) in [5.74, 6) is 0.398. The van der Waals surface area contributed by atoms with Crippen LogP contribution in [0.4, 0.5) is 0 Å². The van der Waals surface area contributed by atoms with E-state index in [0.29, 0.717) is 17.9 Å². The number of carbonyl (C=O) groups excluding carboxylic acids is 1. The average molecular weight is 219 g/mol. The molecule has 0 amide bonds. The van der Waals surface area contributed by atoms with E-state index in [2.05, 4.69) is 4.98 Å². The molecule has 0 aliphatic heterocycles. The van der Waals surface area contributed by atoms with Gasteiger partial charge >= 0.3 is 5.97 Å². The number of hydrogen-bond donors (Lipinski definition) is 1. The highest BCUT2D eigenvalue weighted by Crippen LogP contribution is 2.27. The number of para-hydroxylation sites is 1. The maximum atomic E-state index is 11.6. The molecular weight excluding hydrogens is 206 g/mol. The van der Waals surface area contributed by atoms with E-state index in [-0.39, 0.29) is 5.97 Å². The second kappa shape index (κ2) is 4.26. The lowest BCUT2D eigenvalue weighted by molar-refractivity contribution is 0.0529. The highest BCUT2D eigenvalue weighted by molar-refractivity contribution is 6.05. The van der Waals surface area contributed by atoms with Crippen molar-refractivity contribution in [3.8, 4) is 5.75 Å². The fourth-order valence-corrected chi connectivity index (χ4v) is 1.67. The molecule has 0 radical (unpaired) electrons. The van der Waals surface area contributed by atoms with Crippen molar-refractivity contribution in [3.63, 3.8) is 0 Å². The Morgan fingerprint density at radius 3 is 2.94 bits per heavy atom. The van der Waals surface area contributed by atoms with Crippen LogP contribution in [0.1, 0.15) is 17.3 Å². The number of aromatic nitrogens is 1. The van der Waals surface area contributed by atoms with Gasteiger partial charge in [-0.25, -0.2) is 4.79 Å². The first kappa shape index (κ1) is 10.5. The molecule has 4 heteroatoms. The van der Waals surface area contributed by atoms with Crippen molar-refractivity contribution < 1.29 is 14.3 Å². The predicted molar refractivity (Wildman–Crippen MR) is 60.8 cm³/mol. The van der Waals surface area contributed by atoms with Gasteiger partial charge in [0.05, 0.1) is 24.8 Å². The van der Waals surface area contributed by atoms with Crippen molar-refractivity contribution in [2.24, 2.45) is 0 Å². The van der Waals surface area contributed by atoms with Crippen molar-refractivity contribution in [1.29, 1.82) is 0 Å². The summed E-state index contributed by atoms with van der Waals surface area (Å²) in [5, 5.41) is 0.817. The van der Waals surface area contributed by atoms with E-state index in [1.807, 2.05) is 18.2 Å². The topological polar surface area (TPSA) is 51.3 Å². The Morgan fingerprint density at radius 2 is 2.25 bits per heavy atom. The van der Waals surface area contributed by atoms with Crippen LogP contribution >= 0.6 is 0 Å². The number of methoxy groups -OCH3 is 1. The zero-order chi connectivity index (χ0) is 11.5. The number of H-pyrrole nitrogens is 1. The van der Waals surface area contributed by atoms with Crippen molar-refractivity contribution in [1.82, 2.24) is 4.98 Å². The minimum absolute atomic E-state index is 0.318. The summed E-state index contributed by atoms with van der Waals surface area (Å²) in [6.45, 7) is 2.16.